The van der Waals surface area contributed by atoms with Crippen molar-refractivity contribution in [3.05, 3.63) is 23.3 Å². The molecular formula is C9H10ClN3O2. The molecule has 2 N–H and O–H groups in total. The molecule has 0 aliphatic heterocycles. The first kappa shape index (κ1) is 11.5. The molecule has 0 radical (unpaired) electrons. The number of anilines is 1. The Morgan fingerprint density at radius 3 is 3.13 bits per heavy atom. The molecule has 0 fully saturated rings. The zero-order valence-corrected chi connectivity index (χ0v) is 8.86. The van der Waals surface area contributed by atoms with Gasteiger partial charge >= 0.3 is 5.97 Å². The van der Waals surface area contributed by atoms with Crippen molar-refractivity contribution >= 4 is 29.3 Å². The van der Waals surface area contributed by atoms with Crippen LogP contribution in [0.25, 0.3) is 6.08 Å². The van der Waals surface area contributed by atoms with E-state index in [2.05, 4.69) is 9.97 Å². The van der Waals surface area contributed by atoms with E-state index in [1.165, 1.54) is 18.3 Å². The minimum absolute atomic E-state index is 0.0766. The summed E-state index contributed by atoms with van der Waals surface area (Å²) in [5.41, 5.74) is 6.30. The number of nitrogens with two attached hydrogens (primary N) is 1. The average molecular weight is 228 g/mol. The van der Waals surface area contributed by atoms with Crippen LogP contribution in [0, 0.1) is 0 Å². The standard InChI is InChI=1S/C9H10ClN3O2/c1-2-15-8(14)4-3-7-6(11)5-12-9(10)13-7/h3-5H,2,11H2,1H3/b4-3+. The Labute approximate surface area is 91.9 Å². The van der Waals surface area contributed by atoms with E-state index in [9.17, 15) is 4.79 Å². The van der Waals surface area contributed by atoms with Crippen molar-refractivity contribution < 1.29 is 9.53 Å². The molecule has 0 unspecified atom stereocenters. The van der Waals surface area contributed by atoms with Crippen LogP contribution < -0.4 is 5.73 Å². The second kappa shape index (κ2) is 5.31. The van der Waals surface area contributed by atoms with E-state index < -0.39 is 5.97 Å². The van der Waals surface area contributed by atoms with E-state index in [0.29, 0.717) is 18.0 Å². The molecule has 1 aromatic heterocycles. The number of carbonyl (C=O) groups excluding carboxylic acids is 1. The summed E-state index contributed by atoms with van der Waals surface area (Å²) in [5.74, 6) is -0.452. The first-order valence-corrected chi connectivity index (χ1v) is 4.64. The molecule has 1 heterocycles. The Balaban J connectivity index is 2.79. The second-order valence-electron chi connectivity index (χ2n) is 2.56. The van der Waals surface area contributed by atoms with Crippen LogP contribution in [-0.2, 0) is 9.53 Å². The van der Waals surface area contributed by atoms with Crippen LogP contribution in [0.5, 0.6) is 0 Å². The van der Waals surface area contributed by atoms with Gasteiger partial charge in [0.25, 0.3) is 0 Å². The number of esters is 1. The summed E-state index contributed by atoms with van der Waals surface area (Å²) in [6, 6.07) is 0. The van der Waals surface area contributed by atoms with Gasteiger partial charge in [-0.25, -0.2) is 14.8 Å². The maximum Gasteiger partial charge on any atom is 0.330 e. The predicted molar refractivity (Wildman–Crippen MR) is 57.1 cm³/mol. The normalized spacial score (nSPS) is 10.5. The molecule has 0 aliphatic rings. The maximum atomic E-state index is 11.0. The molecule has 80 valence electrons. The molecule has 0 saturated carbocycles. The molecule has 0 amide bonds. The molecule has 0 aromatic carbocycles. The highest BCUT2D eigenvalue weighted by molar-refractivity contribution is 6.28. The van der Waals surface area contributed by atoms with Gasteiger partial charge in [0.1, 0.15) is 0 Å². The van der Waals surface area contributed by atoms with E-state index in [1.807, 2.05) is 0 Å². The van der Waals surface area contributed by atoms with Crippen LogP contribution in [0.2, 0.25) is 5.28 Å². The smallest absolute Gasteiger partial charge is 0.330 e. The molecule has 5 nitrogen and oxygen atoms in total. The lowest BCUT2D eigenvalue weighted by molar-refractivity contribution is -0.137. The van der Waals surface area contributed by atoms with Crippen LogP contribution in [0.1, 0.15) is 12.6 Å². The Morgan fingerprint density at radius 1 is 1.73 bits per heavy atom. The van der Waals surface area contributed by atoms with Gasteiger partial charge in [0.05, 0.1) is 24.2 Å². The summed E-state index contributed by atoms with van der Waals surface area (Å²) in [4.78, 5) is 18.5. The summed E-state index contributed by atoms with van der Waals surface area (Å²) in [6.07, 6.45) is 4.04. The number of carbonyl (C=O) groups is 1. The quantitative estimate of drug-likeness (QED) is 0.478. The van der Waals surface area contributed by atoms with E-state index >= 15 is 0 Å². The number of nitrogen functional groups attached to an aromatic ring is 1. The molecule has 0 atom stereocenters. The summed E-state index contributed by atoms with van der Waals surface area (Å²) < 4.78 is 4.69. The molecule has 0 bridgehead atoms. The number of aromatic nitrogens is 2. The monoisotopic (exact) mass is 227 g/mol. The first-order valence-electron chi connectivity index (χ1n) is 4.26. The molecular weight excluding hydrogens is 218 g/mol. The van der Waals surface area contributed by atoms with E-state index in [-0.39, 0.29) is 5.28 Å². The van der Waals surface area contributed by atoms with E-state index in [1.54, 1.807) is 6.92 Å². The third kappa shape index (κ3) is 3.55. The highest BCUT2D eigenvalue weighted by atomic mass is 35.5. The Bertz CT molecular complexity index is 393. The fourth-order valence-electron chi connectivity index (χ4n) is 0.853. The van der Waals surface area contributed by atoms with Gasteiger partial charge in [-0.3, -0.25) is 0 Å². The van der Waals surface area contributed by atoms with Crippen molar-refractivity contribution in [3.63, 3.8) is 0 Å². The van der Waals surface area contributed by atoms with Gasteiger partial charge in [-0.1, -0.05) is 0 Å². The lowest BCUT2D eigenvalue weighted by atomic mass is 10.3. The molecule has 0 aliphatic carbocycles. The van der Waals surface area contributed by atoms with Crippen LogP contribution in [0.4, 0.5) is 5.69 Å². The largest absolute Gasteiger partial charge is 0.463 e. The lowest BCUT2D eigenvalue weighted by Gasteiger charge is -1.98. The minimum atomic E-state index is -0.452. The van der Waals surface area contributed by atoms with E-state index in [0.717, 1.165) is 0 Å². The van der Waals surface area contributed by atoms with Crippen molar-refractivity contribution in [1.29, 1.82) is 0 Å². The highest BCUT2D eigenvalue weighted by Gasteiger charge is 2.00. The van der Waals surface area contributed by atoms with Gasteiger partial charge in [0.2, 0.25) is 5.28 Å². The maximum absolute atomic E-state index is 11.0. The molecule has 1 rings (SSSR count). The average Bonchev–Trinajstić information content (AvgIpc) is 2.20. The summed E-state index contributed by atoms with van der Waals surface area (Å²) in [7, 11) is 0. The molecule has 6 heteroatoms. The summed E-state index contributed by atoms with van der Waals surface area (Å²) >= 11 is 5.57. The Hall–Kier alpha value is -1.62. The number of hydrogen-bond acceptors (Lipinski definition) is 5. The van der Waals surface area contributed by atoms with E-state index in [4.69, 9.17) is 22.1 Å². The highest BCUT2D eigenvalue weighted by Crippen LogP contribution is 2.11. The molecule has 15 heavy (non-hydrogen) atoms. The number of hydrogen-bond donors (Lipinski definition) is 1. The Kier molecular flexibility index (Phi) is 4.05. The number of nitrogens with zero attached hydrogens (tertiary/aromatic N) is 2. The van der Waals surface area contributed by atoms with Gasteiger partial charge in [-0.2, -0.15) is 0 Å². The van der Waals surface area contributed by atoms with Crippen molar-refractivity contribution in [2.75, 3.05) is 12.3 Å². The van der Waals surface area contributed by atoms with Crippen LogP contribution in [0.3, 0.4) is 0 Å². The van der Waals surface area contributed by atoms with Gasteiger partial charge in [-0.15, -0.1) is 0 Å². The lowest BCUT2D eigenvalue weighted by Crippen LogP contribution is -2.00. The number of ether oxygens (including phenoxy) is 1. The molecule has 0 saturated heterocycles. The van der Waals surface area contributed by atoms with Gasteiger partial charge in [0, 0.05) is 6.08 Å². The zero-order valence-electron chi connectivity index (χ0n) is 8.11. The topological polar surface area (TPSA) is 78.1 Å². The molecule has 0 spiro atoms. The number of halogens is 1. The van der Waals surface area contributed by atoms with Crippen molar-refractivity contribution in [2.45, 2.75) is 6.92 Å². The Morgan fingerprint density at radius 2 is 2.47 bits per heavy atom. The minimum Gasteiger partial charge on any atom is -0.463 e. The zero-order chi connectivity index (χ0) is 11.3. The van der Waals surface area contributed by atoms with Gasteiger partial charge in [0.15, 0.2) is 0 Å². The van der Waals surface area contributed by atoms with Crippen molar-refractivity contribution in [2.24, 2.45) is 0 Å². The molecule has 1 aromatic rings. The van der Waals surface area contributed by atoms with Crippen LogP contribution >= 0.6 is 11.6 Å². The fourth-order valence-corrected chi connectivity index (χ4v) is 0.992. The third-order valence-corrected chi connectivity index (χ3v) is 1.66. The summed E-state index contributed by atoms with van der Waals surface area (Å²) in [6.45, 7) is 2.05. The fraction of sp³-hybridized carbons (Fsp3) is 0.222. The second-order valence-corrected chi connectivity index (χ2v) is 2.90. The van der Waals surface area contributed by atoms with Crippen LogP contribution in [-0.4, -0.2) is 22.5 Å². The first-order chi connectivity index (χ1) is 7.13. The predicted octanol–water partition coefficient (Wildman–Crippen LogP) is 1.29. The number of rotatable bonds is 3. The van der Waals surface area contributed by atoms with Gasteiger partial charge < -0.3 is 10.5 Å². The third-order valence-electron chi connectivity index (χ3n) is 1.48. The SMILES string of the molecule is CCOC(=O)/C=C/c1nc(Cl)ncc1N. The van der Waals surface area contributed by atoms with Crippen LogP contribution in [0.15, 0.2) is 12.3 Å². The van der Waals surface area contributed by atoms with Crippen molar-refractivity contribution in [1.82, 2.24) is 9.97 Å². The summed E-state index contributed by atoms with van der Waals surface area (Å²) in [5, 5.41) is 0.0766. The van der Waals surface area contributed by atoms with Gasteiger partial charge in [-0.05, 0) is 24.6 Å². The van der Waals surface area contributed by atoms with Crippen molar-refractivity contribution in [3.8, 4) is 0 Å².